The molecule has 1 aliphatic heterocycles. The second-order valence-corrected chi connectivity index (χ2v) is 10.6. The third kappa shape index (κ3) is 4.34. The van der Waals surface area contributed by atoms with Gasteiger partial charge in [-0.1, -0.05) is 12.8 Å². The largest absolute Gasteiger partial charge is 0.249 e. The van der Waals surface area contributed by atoms with Crippen LogP contribution in [0.2, 0.25) is 0 Å². The molecule has 1 saturated carbocycles. The molecule has 0 aromatic carbocycles. The molecule has 3 rings (SSSR count). The minimum atomic E-state index is -3.42. The first-order valence-electron chi connectivity index (χ1n) is 7.86. The number of sulfonamides is 1. The number of rotatable bonds is 5. The minimum Gasteiger partial charge on any atom is -0.249 e. The topological polar surface area (TPSA) is 50.3 Å². The average Bonchev–Trinajstić information content (AvgIpc) is 3.22. The number of alkyl halides is 2. The van der Waals surface area contributed by atoms with Gasteiger partial charge >= 0.3 is 0 Å². The summed E-state index contributed by atoms with van der Waals surface area (Å²) in [7, 11) is -3.42. The molecule has 0 bridgehead atoms. The molecule has 2 fully saturated rings. The molecule has 0 amide bonds. The van der Waals surface area contributed by atoms with Gasteiger partial charge in [-0.05, 0) is 31.4 Å². The zero-order chi connectivity index (χ0) is 16.5. The van der Waals surface area contributed by atoms with Gasteiger partial charge in [0.1, 0.15) is 9.23 Å². The van der Waals surface area contributed by atoms with E-state index >= 15 is 0 Å². The van der Waals surface area contributed by atoms with Gasteiger partial charge in [-0.15, -0.1) is 35.0 Å². The fourth-order valence-electron chi connectivity index (χ4n) is 2.67. The standard InChI is InChI=1S/C15H20Cl2N2O2S2/c16-15(17)9-12(15)11-22-14-6-5-13(10-18-14)23(20,21)19-7-3-1-2-4-8-19/h5-6,10,12H,1-4,7-9,11H2. The van der Waals surface area contributed by atoms with Crippen molar-refractivity contribution in [1.29, 1.82) is 0 Å². The predicted molar refractivity (Wildman–Crippen MR) is 94.7 cm³/mol. The van der Waals surface area contributed by atoms with Crippen LogP contribution in [0.15, 0.2) is 28.3 Å². The average molecular weight is 395 g/mol. The molecule has 1 aliphatic carbocycles. The highest BCUT2D eigenvalue weighted by Crippen LogP contribution is 2.54. The van der Waals surface area contributed by atoms with Crippen molar-refractivity contribution in [3.8, 4) is 0 Å². The summed E-state index contributed by atoms with van der Waals surface area (Å²) in [5.74, 6) is 1.09. The molecule has 4 nitrogen and oxygen atoms in total. The van der Waals surface area contributed by atoms with Crippen LogP contribution in [0.25, 0.3) is 0 Å². The summed E-state index contributed by atoms with van der Waals surface area (Å²) in [6.07, 6.45) is 6.34. The number of hydrogen-bond donors (Lipinski definition) is 0. The van der Waals surface area contributed by atoms with Crippen molar-refractivity contribution in [2.24, 2.45) is 5.92 Å². The molecule has 0 radical (unpaired) electrons. The molecule has 1 unspecified atom stereocenters. The third-order valence-electron chi connectivity index (χ3n) is 4.30. The van der Waals surface area contributed by atoms with Gasteiger partial charge in [0.05, 0.1) is 5.03 Å². The summed E-state index contributed by atoms with van der Waals surface area (Å²) in [6.45, 7) is 1.21. The molecular formula is C15H20Cl2N2O2S2. The van der Waals surface area contributed by atoms with Crippen LogP contribution >= 0.6 is 35.0 Å². The first-order chi connectivity index (χ1) is 10.9. The Balaban J connectivity index is 1.63. The summed E-state index contributed by atoms with van der Waals surface area (Å²) < 4.78 is 26.3. The Labute approximate surface area is 152 Å². The Morgan fingerprint density at radius 2 is 1.87 bits per heavy atom. The van der Waals surface area contributed by atoms with E-state index in [0.29, 0.717) is 13.1 Å². The first-order valence-corrected chi connectivity index (χ1v) is 11.0. The minimum absolute atomic E-state index is 0.277. The van der Waals surface area contributed by atoms with Crippen LogP contribution in [0.4, 0.5) is 0 Å². The zero-order valence-corrected chi connectivity index (χ0v) is 15.9. The maximum Gasteiger partial charge on any atom is 0.244 e. The van der Waals surface area contributed by atoms with Crippen LogP contribution in [0.1, 0.15) is 32.1 Å². The summed E-state index contributed by atoms with van der Waals surface area (Å²) >= 11 is 13.6. The lowest BCUT2D eigenvalue weighted by Crippen LogP contribution is -2.32. The second-order valence-electron chi connectivity index (χ2n) is 6.12. The van der Waals surface area contributed by atoms with E-state index in [0.717, 1.165) is 42.9 Å². The molecule has 2 heterocycles. The monoisotopic (exact) mass is 394 g/mol. The van der Waals surface area contributed by atoms with Crippen LogP contribution in [0.3, 0.4) is 0 Å². The zero-order valence-electron chi connectivity index (χ0n) is 12.7. The molecule has 1 saturated heterocycles. The van der Waals surface area contributed by atoms with Gasteiger partial charge in [0.25, 0.3) is 0 Å². The van der Waals surface area contributed by atoms with Crippen molar-refractivity contribution < 1.29 is 8.42 Å². The Morgan fingerprint density at radius 3 is 2.39 bits per heavy atom. The van der Waals surface area contributed by atoms with Gasteiger partial charge in [0.2, 0.25) is 10.0 Å². The highest BCUT2D eigenvalue weighted by molar-refractivity contribution is 7.99. The van der Waals surface area contributed by atoms with E-state index in [-0.39, 0.29) is 10.8 Å². The quantitative estimate of drug-likeness (QED) is 0.560. The van der Waals surface area contributed by atoms with Gasteiger partial charge in [-0.3, -0.25) is 0 Å². The Kier molecular flexibility index (Phi) is 5.48. The van der Waals surface area contributed by atoms with Crippen LogP contribution in [-0.4, -0.2) is 40.9 Å². The van der Waals surface area contributed by atoms with E-state index in [4.69, 9.17) is 23.2 Å². The molecule has 128 valence electrons. The number of nitrogens with zero attached hydrogens (tertiary/aromatic N) is 2. The number of hydrogen-bond acceptors (Lipinski definition) is 4. The number of pyridine rings is 1. The molecule has 1 aromatic heterocycles. The molecule has 8 heteroatoms. The maximum atomic E-state index is 12.7. The lowest BCUT2D eigenvalue weighted by atomic mass is 10.2. The smallest absolute Gasteiger partial charge is 0.244 e. The molecule has 23 heavy (non-hydrogen) atoms. The molecule has 0 N–H and O–H groups in total. The van der Waals surface area contributed by atoms with Crippen molar-refractivity contribution >= 4 is 45.0 Å². The van der Waals surface area contributed by atoms with Gasteiger partial charge in [-0.25, -0.2) is 13.4 Å². The van der Waals surface area contributed by atoms with Crippen molar-refractivity contribution in [3.63, 3.8) is 0 Å². The summed E-state index contributed by atoms with van der Waals surface area (Å²) in [5, 5.41) is 0.802. The normalized spacial score (nSPS) is 25.0. The Bertz CT molecular complexity index is 642. The van der Waals surface area contributed by atoms with Crippen molar-refractivity contribution in [2.75, 3.05) is 18.8 Å². The van der Waals surface area contributed by atoms with E-state index in [1.807, 2.05) is 0 Å². The SMILES string of the molecule is O=S(=O)(c1ccc(SCC2CC2(Cl)Cl)nc1)N1CCCCCC1. The number of aromatic nitrogens is 1. The maximum absolute atomic E-state index is 12.7. The van der Waals surface area contributed by atoms with E-state index in [1.54, 1.807) is 28.2 Å². The molecule has 2 aliphatic rings. The molecule has 1 aromatic rings. The third-order valence-corrected chi connectivity index (χ3v) is 8.21. The molecular weight excluding hydrogens is 375 g/mol. The van der Waals surface area contributed by atoms with E-state index < -0.39 is 14.4 Å². The van der Waals surface area contributed by atoms with Gasteiger partial charge in [0, 0.05) is 31.0 Å². The van der Waals surface area contributed by atoms with Gasteiger partial charge in [0.15, 0.2) is 0 Å². The van der Waals surface area contributed by atoms with Crippen molar-refractivity contribution in [1.82, 2.24) is 9.29 Å². The number of halogens is 2. The summed E-state index contributed by atoms with van der Waals surface area (Å²) in [5.41, 5.74) is 0. The van der Waals surface area contributed by atoms with Gasteiger partial charge < -0.3 is 0 Å². The number of thioether (sulfide) groups is 1. The lowest BCUT2D eigenvalue weighted by Gasteiger charge is -2.19. The van der Waals surface area contributed by atoms with Crippen LogP contribution in [0, 0.1) is 5.92 Å². The van der Waals surface area contributed by atoms with Crippen LogP contribution < -0.4 is 0 Å². The Morgan fingerprint density at radius 1 is 1.22 bits per heavy atom. The van der Waals surface area contributed by atoms with E-state index in [9.17, 15) is 8.42 Å². The molecule has 0 spiro atoms. The molecule has 1 atom stereocenters. The van der Waals surface area contributed by atoms with Crippen molar-refractivity contribution in [3.05, 3.63) is 18.3 Å². The van der Waals surface area contributed by atoms with E-state index in [1.165, 1.54) is 6.20 Å². The first kappa shape index (κ1) is 17.8. The second kappa shape index (κ2) is 7.08. The van der Waals surface area contributed by atoms with Gasteiger partial charge in [-0.2, -0.15) is 4.31 Å². The van der Waals surface area contributed by atoms with Crippen molar-refractivity contribution in [2.45, 2.75) is 46.4 Å². The fraction of sp³-hybridized carbons (Fsp3) is 0.667. The van der Waals surface area contributed by atoms with Crippen LogP contribution in [-0.2, 0) is 10.0 Å². The predicted octanol–water partition coefficient (Wildman–Crippen LogP) is 3.93. The van der Waals surface area contributed by atoms with Crippen LogP contribution in [0.5, 0.6) is 0 Å². The highest BCUT2D eigenvalue weighted by atomic mass is 35.5. The summed E-state index contributed by atoms with van der Waals surface area (Å²) in [6, 6.07) is 3.42. The highest BCUT2D eigenvalue weighted by Gasteiger charge is 2.51. The van der Waals surface area contributed by atoms with E-state index in [2.05, 4.69) is 4.98 Å². The fourth-order valence-corrected chi connectivity index (χ4v) is 5.91. The summed E-state index contributed by atoms with van der Waals surface area (Å²) in [4.78, 5) is 4.56. The Hall–Kier alpha value is -0.0100. The lowest BCUT2D eigenvalue weighted by molar-refractivity contribution is 0.423.